The summed E-state index contributed by atoms with van der Waals surface area (Å²) in [5, 5.41) is 9.32. The molecule has 2 aliphatic rings. The number of hydrogen-bond donors (Lipinski definition) is 3. The Hall–Kier alpha value is -1.63. The minimum absolute atomic E-state index is 0.0522. The van der Waals surface area contributed by atoms with Gasteiger partial charge in [-0.3, -0.25) is 15.0 Å². The largest absolute Gasteiger partial charge is 0.351 e. The van der Waals surface area contributed by atoms with E-state index >= 15 is 0 Å². The summed E-state index contributed by atoms with van der Waals surface area (Å²) in [4.78, 5) is 27.1. The monoisotopic (exact) mass is 518 g/mol. The minimum atomic E-state index is -0.335. The zero-order valence-electron chi connectivity index (χ0n) is 23.0. The third-order valence-corrected chi connectivity index (χ3v) is 8.40. The summed E-state index contributed by atoms with van der Waals surface area (Å²) in [6.07, 6.45) is 8.96. The van der Waals surface area contributed by atoms with Crippen LogP contribution in [0.3, 0.4) is 0 Å². The molecule has 1 aliphatic heterocycles. The molecule has 7 heteroatoms. The highest BCUT2D eigenvalue weighted by Gasteiger charge is 2.48. The summed E-state index contributed by atoms with van der Waals surface area (Å²) in [6.45, 7) is 9.69. The van der Waals surface area contributed by atoms with Gasteiger partial charge in [-0.2, -0.15) is 0 Å². The molecule has 0 bridgehead atoms. The second-order valence-corrected chi connectivity index (χ2v) is 12.5. The van der Waals surface area contributed by atoms with Gasteiger partial charge in [0.25, 0.3) is 0 Å². The van der Waals surface area contributed by atoms with Gasteiger partial charge in [0.2, 0.25) is 11.8 Å². The first kappa shape index (κ1) is 28.9. The Kier molecular flexibility index (Phi) is 10.2. The van der Waals surface area contributed by atoms with E-state index in [1.807, 2.05) is 36.3 Å². The predicted molar refractivity (Wildman–Crippen MR) is 148 cm³/mol. The second kappa shape index (κ2) is 12.7. The Morgan fingerprint density at radius 2 is 1.69 bits per heavy atom. The molecule has 3 N–H and O–H groups in total. The molecule has 1 saturated carbocycles. The van der Waals surface area contributed by atoms with Crippen molar-refractivity contribution in [2.24, 2.45) is 17.3 Å². The lowest BCUT2D eigenvalue weighted by molar-refractivity contribution is -0.143. The Morgan fingerprint density at radius 1 is 1.08 bits per heavy atom. The van der Waals surface area contributed by atoms with Gasteiger partial charge in [0.1, 0.15) is 0 Å². The van der Waals surface area contributed by atoms with Crippen molar-refractivity contribution in [3.8, 4) is 0 Å². The van der Waals surface area contributed by atoms with E-state index in [-0.39, 0.29) is 34.7 Å². The first-order valence-electron chi connectivity index (χ1n) is 13.8. The molecule has 0 radical (unpaired) electrons. The van der Waals surface area contributed by atoms with Crippen LogP contribution in [-0.4, -0.2) is 48.5 Å². The van der Waals surface area contributed by atoms with E-state index in [0.717, 1.165) is 37.7 Å². The maximum absolute atomic E-state index is 13.6. The van der Waals surface area contributed by atoms with Crippen LogP contribution in [0.15, 0.2) is 24.3 Å². The van der Waals surface area contributed by atoms with Gasteiger partial charge in [0.05, 0.1) is 5.41 Å². The quantitative estimate of drug-likeness (QED) is 0.425. The lowest BCUT2D eigenvalue weighted by atomic mass is 9.63. The Bertz CT molecular complexity index is 853. The van der Waals surface area contributed by atoms with Crippen LogP contribution in [0.5, 0.6) is 0 Å². The van der Waals surface area contributed by atoms with Crippen molar-refractivity contribution >= 4 is 23.4 Å². The molecule has 1 unspecified atom stereocenters. The number of benzene rings is 1. The molecule has 36 heavy (non-hydrogen) atoms. The lowest BCUT2D eigenvalue weighted by Gasteiger charge is -2.47. The maximum Gasteiger partial charge on any atom is 0.237 e. The second-order valence-electron chi connectivity index (χ2n) is 12.1. The maximum atomic E-state index is 13.6. The minimum Gasteiger partial charge on any atom is -0.351 e. The van der Waals surface area contributed by atoms with Crippen molar-refractivity contribution in [3.05, 3.63) is 34.9 Å². The average Bonchev–Trinajstić information content (AvgIpc) is 2.84. The van der Waals surface area contributed by atoms with Gasteiger partial charge < -0.3 is 10.6 Å². The van der Waals surface area contributed by atoms with Gasteiger partial charge in [0, 0.05) is 35.6 Å². The van der Waals surface area contributed by atoms with Gasteiger partial charge in [-0.05, 0) is 96.9 Å². The molecule has 1 aliphatic carbocycles. The van der Waals surface area contributed by atoms with Gasteiger partial charge in [0.15, 0.2) is 0 Å². The number of piperidine rings is 1. The molecule has 2 fully saturated rings. The molecule has 1 aromatic rings. The van der Waals surface area contributed by atoms with E-state index < -0.39 is 0 Å². The fourth-order valence-corrected chi connectivity index (χ4v) is 6.06. The Labute approximate surface area is 223 Å². The number of carbonyl (C=O) groups excluding carboxylic acids is 2. The van der Waals surface area contributed by atoms with Crippen LogP contribution in [0.4, 0.5) is 0 Å². The van der Waals surface area contributed by atoms with Crippen LogP contribution in [0, 0.1) is 17.3 Å². The van der Waals surface area contributed by atoms with Crippen LogP contribution < -0.4 is 16.1 Å². The normalized spacial score (nSPS) is 20.9. The number of hydrazine groups is 1. The molecular formula is C29H47ClN4O2. The standard InChI is InChI=1S/C29H47ClN4O2/c1-21(31-5)19-23(20-22-11-13-25(30)14-12-22)26(35)33-34-17-15-29(16-18-34,24-9-7-6-8-10-24)27(36)32-28(2,3)4/h11-14,21,23-24,31H,6-10,15-20H2,1-5H3,(H,32,36)(H,33,35)/t21?,23-/m0/s1. The van der Waals surface area contributed by atoms with Gasteiger partial charge >= 0.3 is 0 Å². The van der Waals surface area contributed by atoms with Crippen molar-refractivity contribution in [2.75, 3.05) is 20.1 Å². The molecule has 3 rings (SSSR count). The van der Waals surface area contributed by atoms with E-state index in [4.69, 9.17) is 11.6 Å². The van der Waals surface area contributed by atoms with Crippen molar-refractivity contribution in [1.29, 1.82) is 0 Å². The topological polar surface area (TPSA) is 73.5 Å². The molecule has 2 atom stereocenters. The van der Waals surface area contributed by atoms with E-state index in [9.17, 15) is 9.59 Å². The fourth-order valence-electron chi connectivity index (χ4n) is 5.94. The Balaban J connectivity index is 1.67. The summed E-state index contributed by atoms with van der Waals surface area (Å²) >= 11 is 6.06. The van der Waals surface area contributed by atoms with E-state index in [1.165, 1.54) is 19.3 Å². The zero-order chi connectivity index (χ0) is 26.3. The smallest absolute Gasteiger partial charge is 0.237 e. The average molecular weight is 519 g/mol. The molecule has 202 valence electrons. The first-order chi connectivity index (χ1) is 17.0. The summed E-state index contributed by atoms with van der Waals surface area (Å²) in [5.74, 6) is 0.538. The number of nitrogens with zero attached hydrogens (tertiary/aromatic N) is 1. The van der Waals surface area contributed by atoms with Crippen molar-refractivity contribution in [2.45, 2.75) is 97.1 Å². The molecular weight excluding hydrogens is 472 g/mol. The third kappa shape index (κ3) is 7.93. The van der Waals surface area contributed by atoms with Crippen molar-refractivity contribution < 1.29 is 9.59 Å². The van der Waals surface area contributed by atoms with Crippen LogP contribution in [0.2, 0.25) is 5.02 Å². The highest BCUT2D eigenvalue weighted by molar-refractivity contribution is 6.30. The van der Waals surface area contributed by atoms with Gasteiger partial charge in [-0.1, -0.05) is 43.0 Å². The summed E-state index contributed by atoms with van der Waals surface area (Å²) < 4.78 is 0. The number of rotatable bonds is 9. The van der Waals surface area contributed by atoms with E-state index in [1.54, 1.807) is 0 Å². The van der Waals surface area contributed by atoms with Gasteiger partial charge in [-0.25, -0.2) is 5.01 Å². The molecule has 2 amide bonds. The molecule has 0 spiro atoms. The number of amides is 2. The number of hydrogen-bond acceptors (Lipinski definition) is 4. The molecule has 1 saturated heterocycles. The number of carbonyl (C=O) groups is 2. The van der Waals surface area contributed by atoms with E-state index in [0.29, 0.717) is 30.5 Å². The number of nitrogens with one attached hydrogen (secondary N) is 3. The molecule has 0 aromatic heterocycles. The van der Waals surface area contributed by atoms with Gasteiger partial charge in [-0.15, -0.1) is 0 Å². The first-order valence-corrected chi connectivity index (χ1v) is 14.2. The molecule has 1 aromatic carbocycles. The summed E-state index contributed by atoms with van der Waals surface area (Å²) in [5.41, 5.74) is 3.74. The van der Waals surface area contributed by atoms with Crippen LogP contribution >= 0.6 is 11.6 Å². The van der Waals surface area contributed by atoms with Crippen molar-refractivity contribution in [3.63, 3.8) is 0 Å². The lowest BCUT2D eigenvalue weighted by Crippen LogP contribution is -2.59. The fraction of sp³-hybridized carbons (Fsp3) is 0.724. The zero-order valence-corrected chi connectivity index (χ0v) is 23.7. The summed E-state index contributed by atoms with van der Waals surface area (Å²) in [7, 11) is 1.93. The number of halogens is 1. The SMILES string of the molecule is CNC(C)C[C@@H](Cc1ccc(Cl)cc1)C(=O)NN1CCC(C(=O)NC(C)(C)C)(C2CCCCC2)CC1. The highest BCUT2D eigenvalue weighted by atomic mass is 35.5. The molecule has 6 nitrogen and oxygen atoms in total. The molecule has 1 heterocycles. The van der Waals surface area contributed by atoms with Crippen LogP contribution in [0.1, 0.15) is 84.6 Å². The Morgan fingerprint density at radius 3 is 2.25 bits per heavy atom. The van der Waals surface area contributed by atoms with Crippen LogP contribution in [-0.2, 0) is 16.0 Å². The predicted octanol–water partition coefficient (Wildman–Crippen LogP) is 5.11. The van der Waals surface area contributed by atoms with Crippen LogP contribution in [0.25, 0.3) is 0 Å². The highest BCUT2D eigenvalue weighted by Crippen LogP contribution is 2.46. The van der Waals surface area contributed by atoms with E-state index in [2.05, 4.69) is 43.8 Å². The third-order valence-electron chi connectivity index (χ3n) is 8.15. The van der Waals surface area contributed by atoms with Crippen molar-refractivity contribution in [1.82, 2.24) is 21.1 Å². The summed E-state index contributed by atoms with van der Waals surface area (Å²) in [6, 6.07) is 7.99.